The molecule has 70 valence electrons. The van der Waals surface area contributed by atoms with Gasteiger partial charge < -0.3 is 4.74 Å². The van der Waals surface area contributed by atoms with Crippen molar-refractivity contribution in [3.8, 4) is 0 Å². The Bertz CT molecular complexity index is 330. The van der Waals surface area contributed by atoms with Crippen molar-refractivity contribution in [2.24, 2.45) is 0 Å². The Morgan fingerprint density at radius 2 is 2.46 bits per heavy atom. The van der Waals surface area contributed by atoms with Crippen molar-refractivity contribution < 1.29 is 9.53 Å². The highest BCUT2D eigenvalue weighted by Crippen LogP contribution is 2.17. The number of pyridine rings is 1. The minimum Gasteiger partial charge on any atom is -0.462 e. The Morgan fingerprint density at radius 3 is 3.00 bits per heavy atom. The molecule has 0 saturated heterocycles. The van der Waals surface area contributed by atoms with Crippen LogP contribution in [-0.2, 0) is 4.74 Å². The smallest absolute Gasteiger partial charge is 0.339 e. The molecule has 13 heavy (non-hydrogen) atoms. The van der Waals surface area contributed by atoms with Crippen LogP contribution in [0.5, 0.6) is 0 Å². The second-order valence-electron chi connectivity index (χ2n) is 2.22. The maximum atomic E-state index is 11.2. The van der Waals surface area contributed by atoms with E-state index in [-0.39, 0.29) is 5.97 Å². The van der Waals surface area contributed by atoms with Crippen LogP contribution in [0.1, 0.15) is 17.3 Å². The molecule has 0 aromatic carbocycles. The Kier molecular flexibility index (Phi) is 4.11. The summed E-state index contributed by atoms with van der Waals surface area (Å²) in [4.78, 5) is 15.2. The molecule has 1 rings (SSSR count). The third kappa shape index (κ3) is 2.91. The molecule has 5 heteroatoms. The van der Waals surface area contributed by atoms with E-state index in [1.807, 2.05) is 0 Å². The van der Waals surface area contributed by atoms with Crippen molar-refractivity contribution in [1.29, 1.82) is 0 Å². The second kappa shape index (κ2) is 4.90. The van der Waals surface area contributed by atoms with Crippen molar-refractivity contribution in [3.63, 3.8) is 0 Å². The normalized spacial score (nSPS) is 9.77. The number of rotatable bonds is 2. The molecule has 0 amide bonds. The highest BCUT2D eigenvalue weighted by atomic mass is 127. The van der Waals surface area contributed by atoms with E-state index in [1.54, 1.807) is 13.0 Å². The predicted octanol–water partition coefficient (Wildman–Crippen LogP) is 2.63. The molecule has 0 aliphatic heterocycles. The highest BCUT2D eigenvalue weighted by Gasteiger charge is 2.08. The zero-order valence-corrected chi connectivity index (χ0v) is 10.6. The third-order valence-corrected chi connectivity index (χ3v) is 3.51. The molecule has 0 unspecified atom stereocenters. The van der Waals surface area contributed by atoms with E-state index >= 15 is 0 Å². The van der Waals surface area contributed by atoms with Gasteiger partial charge in [-0.15, -0.1) is 0 Å². The van der Waals surface area contributed by atoms with Crippen LogP contribution in [-0.4, -0.2) is 17.6 Å². The lowest BCUT2D eigenvalue weighted by Crippen LogP contribution is -2.05. The average molecular weight is 356 g/mol. The molecule has 1 heterocycles. The maximum absolute atomic E-state index is 11.2. The minimum absolute atomic E-state index is 0.341. The average Bonchev–Trinajstić information content (AvgIpc) is 2.10. The van der Waals surface area contributed by atoms with Gasteiger partial charge in [-0.2, -0.15) is 0 Å². The summed E-state index contributed by atoms with van der Waals surface area (Å²) in [6.45, 7) is 2.15. The van der Waals surface area contributed by atoms with Gasteiger partial charge >= 0.3 is 5.97 Å². The van der Waals surface area contributed by atoms with Gasteiger partial charge in [0.1, 0.15) is 3.70 Å². The number of esters is 1. The van der Waals surface area contributed by atoms with Crippen molar-refractivity contribution in [2.75, 3.05) is 6.61 Å². The van der Waals surface area contributed by atoms with E-state index in [1.165, 1.54) is 6.20 Å². The summed E-state index contributed by atoms with van der Waals surface area (Å²) in [5.74, 6) is -0.341. The van der Waals surface area contributed by atoms with E-state index in [0.29, 0.717) is 12.2 Å². The lowest BCUT2D eigenvalue weighted by molar-refractivity contribution is 0.0525. The Labute approximate surface area is 98.2 Å². The van der Waals surface area contributed by atoms with Crippen LogP contribution < -0.4 is 0 Å². The van der Waals surface area contributed by atoms with Crippen molar-refractivity contribution in [1.82, 2.24) is 4.98 Å². The first-order valence-corrected chi connectivity index (χ1v) is 5.50. The van der Waals surface area contributed by atoms with Gasteiger partial charge in [0.2, 0.25) is 0 Å². The molecule has 0 fully saturated rings. The first-order chi connectivity index (χ1) is 6.15. The summed E-state index contributed by atoms with van der Waals surface area (Å²) in [6, 6.07) is 1.70. The Balaban J connectivity index is 2.90. The topological polar surface area (TPSA) is 39.2 Å². The van der Waals surface area contributed by atoms with Crippen LogP contribution in [0.3, 0.4) is 0 Å². The monoisotopic (exact) mass is 355 g/mol. The first-order valence-electron chi connectivity index (χ1n) is 3.63. The molecule has 0 atom stereocenters. The zero-order valence-electron chi connectivity index (χ0n) is 6.88. The van der Waals surface area contributed by atoms with Crippen LogP contribution >= 0.6 is 38.5 Å². The molecule has 0 saturated carbocycles. The number of ether oxygens (including phenoxy) is 1. The molecule has 0 N–H and O–H groups in total. The fourth-order valence-electron chi connectivity index (χ4n) is 0.747. The first kappa shape index (κ1) is 10.9. The highest BCUT2D eigenvalue weighted by molar-refractivity contribution is 14.1. The fourth-order valence-corrected chi connectivity index (χ4v) is 1.39. The fraction of sp³-hybridized carbons (Fsp3) is 0.250. The van der Waals surface area contributed by atoms with Crippen molar-refractivity contribution in [3.05, 3.63) is 26.0 Å². The zero-order chi connectivity index (χ0) is 9.84. The standard InChI is InChI=1S/C8H7BrINO2/c1-2-13-8(12)5-3-6(9)7(10)11-4-5/h3-4H,2H2,1H3. The molecule has 0 radical (unpaired) electrons. The SMILES string of the molecule is CCOC(=O)c1cnc(I)c(Br)c1. The number of carbonyl (C=O) groups excluding carboxylic acids is 1. The predicted molar refractivity (Wildman–Crippen MR) is 60.6 cm³/mol. The molecule has 3 nitrogen and oxygen atoms in total. The van der Waals surface area contributed by atoms with Gasteiger partial charge in [-0.05, 0) is 51.5 Å². The van der Waals surface area contributed by atoms with Gasteiger partial charge in [0.05, 0.1) is 16.6 Å². The number of carbonyl (C=O) groups is 1. The van der Waals surface area contributed by atoms with Gasteiger partial charge in [-0.25, -0.2) is 9.78 Å². The molecular weight excluding hydrogens is 349 g/mol. The van der Waals surface area contributed by atoms with Crippen LogP contribution in [0.15, 0.2) is 16.7 Å². The van der Waals surface area contributed by atoms with Gasteiger partial charge in [-0.3, -0.25) is 0 Å². The molecule has 0 spiro atoms. The van der Waals surface area contributed by atoms with E-state index in [2.05, 4.69) is 43.5 Å². The maximum Gasteiger partial charge on any atom is 0.339 e. The Morgan fingerprint density at radius 1 is 1.77 bits per heavy atom. The molecule has 1 aromatic heterocycles. The third-order valence-electron chi connectivity index (χ3n) is 1.31. The summed E-state index contributed by atoms with van der Waals surface area (Å²) in [7, 11) is 0. The van der Waals surface area contributed by atoms with E-state index in [9.17, 15) is 4.79 Å². The van der Waals surface area contributed by atoms with Gasteiger partial charge in [0, 0.05) is 6.20 Å². The lowest BCUT2D eigenvalue weighted by atomic mass is 10.3. The van der Waals surface area contributed by atoms with E-state index < -0.39 is 0 Å². The molecule has 1 aromatic rings. The van der Waals surface area contributed by atoms with Gasteiger partial charge in [0.25, 0.3) is 0 Å². The molecule has 0 aliphatic rings. The molecule has 0 bridgehead atoms. The van der Waals surface area contributed by atoms with Crippen LogP contribution in [0.2, 0.25) is 0 Å². The molecule has 0 aliphatic carbocycles. The number of halogens is 2. The van der Waals surface area contributed by atoms with Gasteiger partial charge in [0.15, 0.2) is 0 Å². The summed E-state index contributed by atoms with van der Waals surface area (Å²) in [5, 5.41) is 0. The summed E-state index contributed by atoms with van der Waals surface area (Å²) in [5.41, 5.74) is 0.467. The van der Waals surface area contributed by atoms with Crippen LogP contribution in [0.25, 0.3) is 0 Å². The number of nitrogens with zero attached hydrogens (tertiary/aromatic N) is 1. The van der Waals surface area contributed by atoms with Crippen LogP contribution in [0, 0.1) is 3.70 Å². The number of hydrogen-bond acceptors (Lipinski definition) is 3. The molecular formula is C8H7BrINO2. The Hall–Kier alpha value is -0.170. The van der Waals surface area contributed by atoms with Crippen molar-refractivity contribution in [2.45, 2.75) is 6.92 Å². The van der Waals surface area contributed by atoms with E-state index in [0.717, 1.165) is 8.17 Å². The minimum atomic E-state index is -0.341. The van der Waals surface area contributed by atoms with Gasteiger partial charge in [-0.1, -0.05) is 0 Å². The van der Waals surface area contributed by atoms with Crippen LogP contribution in [0.4, 0.5) is 0 Å². The summed E-state index contributed by atoms with van der Waals surface area (Å²) in [6.07, 6.45) is 1.50. The largest absolute Gasteiger partial charge is 0.462 e. The van der Waals surface area contributed by atoms with E-state index in [4.69, 9.17) is 4.74 Å². The summed E-state index contributed by atoms with van der Waals surface area (Å²) >= 11 is 5.36. The summed E-state index contributed by atoms with van der Waals surface area (Å²) < 4.78 is 6.45. The second-order valence-corrected chi connectivity index (χ2v) is 4.09. The van der Waals surface area contributed by atoms with Crippen molar-refractivity contribution >= 4 is 44.5 Å². The number of aromatic nitrogens is 1. The number of hydrogen-bond donors (Lipinski definition) is 0. The lowest BCUT2D eigenvalue weighted by Gasteiger charge is -2.01. The quantitative estimate of drug-likeness (QED) is 0.465.